The van der Waals surface area contributed by atoms with E-state index in [1.807, 2.05) is 0 Å². The van der Waals surface area contributed by atoms with Crippen LogP contribution in [0.25, 0.3) is 0 Å². The van der Waals surface area contributed by atoms with Gasteiger partial charge in [0.25, 0.3) is 0 Å². The molecule has 0 aromatic carbocycles. The van der Waals surface area contributed by atoms with E-state index in [1.165, 1.54) is 58.0 Å². The fraction of sp³-hybridized carbons (Fsp3) is 1.00. The summed E-state index contributed by atoms with van der Waals surface area (Å²) in [6, 6.07) is 0.729. The van der Waals surface area contributed by atoms with Crippen molar-refractivity contribution in [3.8, 4) is 0 Å². The standard InChI is InChI=1S/C11H22N2S/c14-11(13-8-4-5-9-13)12-10-6-2-1-3-7-10/h10-12,14H,1-9H2. The van der Waals surface area contributed by atoms with Crippen LogP contribution in [0.4, 0.5) is 0 Å². The first kappa shape index (κ1) is 10.8. The van der Waals surface area contributed by atoms with Crippen molar-refractivity contribution in [2.75, 3.05) is 13.1 Å². The number of nitrogens with one attached hydrogen (secondary N) is 1. The number of nitrogens with zero attached hydrogens (tertiary/aromatic N) is 1. The van der Waals surface area contributed by atoms with Crippen LogP contribution < -0.4 is 5.32 Å². The third-order valence-electron chi connectivity index (χ3n) is 3.48. The molecule has 2 aliphatic rings. The van der Waals surface area contributed by atoms with Crippen LogP contribution >= 0.6 is 12.6 Å². The van der Waals surface area contributed by atoms with E-state index >= 15 is 0 Å². The van der Waals surface area contributed by atoms with Crippen LogP contribution in [0, 0.1) is 0 Å². The lowest BCUT2D eigenvalue weighted by Gasteiger charge is -2.30. The molecular formula is C11H22N2S. The van der Waals surface area contributed by atoms with Crippen LogP contribution in [0.1, 0.15) is 44.9 Å². The molecule has 0 radical (unpaired) electrons. The highest BCUT2D eigenvalue weighted by Gasteiger charge is 2.22. The second-order valence-corrected chi connectivity index (χ2v) is 5.11. The molecule has 1 N–H and O–H groups in total. The molecule has 1 saturated heterocycles. The first-order chi connectivity index (χ1) is 6.86. The zero-order chi connectivity index (χ0) is 9.80. The van der Waals surface area contributed by atoms with Gasteiger partial charge in [0.1, 0.15) is 5.50 Å². The molecule has 0 bridgehead atoms. The van der Waals surface area contributed by atoms with E-state index in [2.05, 4.69) is 22.8 Å². The molecule has 1 aliphatic carbocycles. The molecule has 3 heteroatoms. The van der Waals surface area contributed by atoms with Gasteiger partial charge in [0.05, 0.1) is 0 Å². The topological polar surface area (TPSA) is 15.3 Å². The minimum Gasteiger partial charge on any atom is -0.291 e. The van der Waals surface area contributed by atoms with Gasteiger partial charge in [-0.1, -0.05) is 19.3 Å². The fourth-order valence-electron chi connectivity index (χ4n) is 2.57. The van der Waals surface area contributed by atoms with Gasteiger partial charge in [-0.05, 0) is 25.7 Å². The van der Waals surface area contributed by atoms with Crippen LogP contribution in [0.3, 0.4) is 0 Å². The van der Waals surface area contributed by atoms with Crippen molar-refractivity contribution in [3.05, 3.63) is 0 Å². The number of likely N-dealkylation sites (tertiary alicyclic amines) is 1. The third-order valence-corrected chi connectivity index (χ3v) is 3.95. The second-order valence-electron chi connectivity index (χ2n) is 4.62. The smallest absolute Gasteiger partial charge is 0.105 e. The highest BCUT2D eigenvalue weighted by Crippen LogP contribution is 2.20. The van der Waals surface area contributed by atoms with Crippen molar-refractivity contribution in [2.24, 2.45) is 0 Å². The minimum absolute atomic E-state index is 0.306. The highest BCUT2D eigenvalue weighted by atomic mass is 32.1. The molecule has 2 fully saturated rings. The summed E-state index contributed by atoms with van der Waals surface area (Å²) in [6.45, 7) is 2.46. The maximum Gasteiger partial charge on any atom is 0.105 e. The zero-order valence-electron chi connectivity index (χ0n) is 8.91. The van der Waals surface area contributed by atoms with Crippen LogP contribution in [-0.2, 0) is 0 Å². The van der Waals surface area contributed by atoms with Crippen molar-refractivity contribution in [1.82, 2.24) is 10.2 Å². The molecular weight excluding hydrogens is 192 g/mol. The average Bonchev–Trinajstić information content (AvgIpc) is 2.72. The summed E-state index contributed by atoms with van der Waals surface area (Å²) in [7, 11) is 0. The molecule has 1 heterocycles. The molecule has 2 rings (SSSR count). The number of hydrogen-bond donors (Lipinski definition) is 2. The van der Waals surface area contributed by atoms with E-state index in [9.17, 15) is 0 Å². The van der Waals surface area contributed by atoms with Crippen molar-refractivity contribution in [1.29, 1.82) is 0 Å². The molecule has 0 aromatic heterocycles. The van der Waals surface area contributed by atoms with Crippen LogP contribution in [0.2, 0.25) is 0 Å². The molecule has 1 atom stereocenters. The highest BCUT2D eigenvalue weighted by molar-refractivity contribution is 7.80. The second kappa shape index (κ2) is 5.38. The Hall–Kier alpha value is 0.270. The fourth-order valence-corrected chi connectivity index (χ4v) is 3.01. The van der Waals surface area contributed by atoms with E-state index < -0.39 is 0 Å². The Morgan fingerprint density at radius 1 is 1.00 bits per heavy atom. The lowest BCUT2D eigenvalue weighted by atomic mass is 9.96. The molecule has 1 saturated carbocycles. The summed E-state index contributed by atoms with van der Waals surface area (Å²) in [6.07, 6.45) is 9.64. The van der Waals surface area contributed by atoms with E-state index in [-0.39, 0.29) is 0 Å². The number of thiol groups is 1. The predicted molar refractivity (Wildman–Crippen MR) is 63.6 cm³/mol. The molecule has 1 aliphatic heterocycles. The third kappa shape index (κ3) is 2.88. The normalized spacial score (nSPS) is 28.1. The monoisotopic (exact) mass is 214 g/mol. The zero-order valence-corrected chi connectivity index (χ0v) is 9.81. The van der Waals surface area contributed by atoms with Gasteiger partial charge in [-0.2, -0.15) is 0 Å². The Morgan fingerprint density at radius 2 is 1.64 bits per heavy atom. The minimum atomic E-state index is 0.306. The maximum atomic E-state index is 4.65. The van der Waals surface area contributed by atoms with Crippen molar-refractivity contribution in [2.45, 2.75) is 56.5 Å². The van der Waals surface area contributed by atoms with Gasteiger partial charge in [0.2, 0.25) is 0 Å². The van der Waals surface area contributed by atoms with Crippen molar-refractivity contribution >= 4 is 12.6 Å². The Bertz CT molecular complexity index is 163. The summed E-state index contributed by atoms with van der Waals surface area (Å²) in [5, 5.41) is 3.65. The largest absolute Gasteiger partial charge is 0.291 e. The summed E-state index contributed by atoms with van der Waals surface area (Å²) in [5.41, 5.74) is 0.306. The Balaban J connectivity index is 1.72. The van der Waals surface area contributed by atoms with E-state index in [0.29, 0.717) is 5.50 Å². The lowest BCUT2D eigenvalue weighted by Crippen LogP contribution is -2.45. The summed E-state index contributed by atoms with van der Waals surface area (Å²) in [4.78, 5) is 2.46. The summed E-state index contributed by atoms with van der Waals surface area (Å²) >= 11 is 4.65. The van der Waals surface area contributed by atoms with E-state index in [4.69, 9.17) is 0 Å². The van der Waals surface area contributed by atoms with Gasteiger partial charge in [0, 0.05) is 19.1 Å². The predicted octanol–water partition coefficient (Wildman–Crippen LogP) is 2.22. The lowest BCUT2D eigenvalue weighted by molar-refractivity contribution is 0.241. The first-order valence-electron chi connectivity index (χ1n) is 6.04. The first-order valence-corrected chi connectivity index (χ1v) is 6.56. The van der Waals surface area contributed by atoms with E-state index in [0.717, 1.165) is 6.04 Å². The molecule has 0 amide bonds. The van der Waals surface area contributed by atoms with Crippen molar-refractivity contribution < 1.29 is 0 Å². The number of rotatable bonds is 3. The van der Waals surface area contributed by atoms with Gasteiger partial charge in [0.15, 0.2) is 0 Å². The summed E-state index contributed by atoms with van der Waals surface area (Å²) in [5.74, 6) is 0. The molecule has 2 nitrogen and oxygen atoms in total. The molecule has 14 heavy (non-hydrogen) atoms. The number of hydrogen-bond acceptors (Lipinski definition) is 3. The van der Waals surface area contributed by atoms with E-state index in [1.54, 1.807) is 0 Å². The average molecular weight is 214 g/mol. The van der Waals surface area contributed by atoms with Gasteiger partial charge in [-0.3, -0.25) is 10.2 Å². The molecule has 82 valence electrons. The van der Waals surface area contributed by atoms with Gasteiger partial charge in [-0.25, -0.2) is 0 Å². The van der Waals surface area contributed by atoms with Crippen LogP contribution in [-0.4, -0.2) is 29.5 Å². The van der Waals surface area contributed by atoms with Crippen LogP contribution in [0.15, 0.2) is 0 Å². The molecule has 0 spiro atoms. The Kier molecular flexibility index (Phi) is 4.14. The van der Waals surface area contributed by atoms with Crippen molar-refractivity contribution in [3.63, 3.8) is 0 Å². The van der Waals surface area contributed by atoms with Gasteiger partial charge in [-0.15, -0.1) is 12.6 Å². The Morgan fingerprint density at radius 3 is 2.29 bits per heavy atom. The molecule has 0 aromatic rings. The molecule has 1 unspecified atom stereocenters. The van der Waals surface area contributed by atoms with Gasteiger partial charge >= 0.3 is 0 Å². The summed E-state index contributed by atoms with van der Waals surface area (Å²) < 4.78 is 0. The quantitative estimate of drug-likeness (QED) is 0.553. The SMILES string of the molecule is SC(NC1CCCCC1)N1CCCC1. The maximum absolute atomic E-state index is 4.65. The van der Waals surface area contributed by atoms with Gasteiger partial charge < -0.3 is 0 Å². The Labute approximate surface area is 92.8 Å². The van der Waals surface area contributed by atoms with Crippen LogP contribution in [0.5, 0.6) is 0 Å².